The fraction of sp³-hybridized carbons (Fsp3) is 0.667. The summed E-state index contributed by atoms with van der Waals surface area (Å²) < 4.78 is 0. The summed E-state index contributed by atoms with van der Waals surface area (Å²) in [5.74, 6) is 0.974. The standard InChI is InChI=1S/C27H42N4O3/c1-19-15-20(2)17-31(16-19)24(32)18-29-11-13-30(14-12-29)26(34)21(3)28-25(33)22-7-9-23(10-8-22)27(4,5)6/h7-10,19-21H,11-18H2,1-6H3,(H,28,33). The number of amides is 3. The minimum atomic E-state index is -0.598. The second-order valence-corrected chi connectivity index (χ2v) is 11.4. The first kappa shape index (κ1) is 26.2. The van der Waals surface area contributed by atoms with E-state index in [1.807, 2.05) is 29.2 Å². The molecule has 2 aliphatic rings. The molecule has 0 radical (unpaired) electrons. The summed E-state index contributed by atoms with van der Waals surface area (Å²) in [6.07, 6.45) is 1.18. The molecule has 7 heteroatoms. The average molecular weight is 471 g/mol. The van der Waals surface area contributed by atoms with Gasteiger partial charge in [0.15, 0.2) is 0 Å². The van der Waals surface area contributed by atoms with Crippen molar-refractivity contribution >= 4 is 17.7 Å². The van der Waals surface area contributed by atoms with Gasteiger partial charge in [0.25, 0.3) is 5.91 Å². The maximum Gasteiger partial charge on any atom is 0.251 e. The molecule has 0 saturated carbocycles. The molecular weight excluding hydrogens is 428 g/mol. The van der Waals surface area contributed by atoms with Gasteiger partial charge < -0.3 is 15.1 Å². The number of carbonyl (C=O) groups excluding carboxylic acids is 3. The van der Waals surface area contributed by atoms with Crippen LogP contribution in [0.25, 0.3) is 0 Å². The van der Waals surface area contributed by atoms with E-state index in [2.05, 4.69) is 44.8 Å². The molecule has 2 fully saturated rings. The smallest absolute Gasteiger partial charge is 0.251 e. The van der Waals surface area contributed by atoms with Crippen LogP contribution in [0.5, 0.6) is 0 Å². The van der Waals surface area contributed by atoms with Gasteiger partial charge in [-0.25, -0.2) is 0 Å². The third-order valence-electron chi connectivity index (χ3n) is 7.00. The second kappa shape index (κ2) is 10.9. The van der Waals surface area contributed by atoms with Crippen molar-refractivity contribution in [3.8, 4) is 0 Å². The maximum atomic E-state index is 12.9. The molecule has 3 amide bonds. The lowest BCUT2D eigenvalue weighted by Crippen LogP contribution is -2.56. The Kier molecular flexibility index (Phi) is 8.39. The summed E-state index contributed by atoms with van der Waals surface area (Å²) in [6.45, 7) is 17.1. The van der Waals surface area contributed by atoms with Gasteiger partial charge in [-0.15, -0.1) is 0 Å². The van der Waals surface area contributed by atoms with Gasteiger partial charge in [-0.2, -0.15) is 0 Å². The van der Waals surface area contributed by atoms with Crippen molar-refractivity contribution in [1.82, 2.24) is 20.0 Å². The highest BCUT2D eigenvalue weighted by molar-refractivity contribution is 5.97. The highest BCUT2D eigenvalue weighted by Crippen LogP contribution is 2.23. The molecule has 0 aromatic heterocycles. The van der Waals surface area contributed by atoms with Crippen LogP contribution in [0.15, 0.2) is 24.3 Å². The molecule has 7 nitrogen and oxygen atoms in total. The Morgan fingerprint density at radius 1 is 0.941 bits per heavy atom. The largest absolute Gasteiger partial charge is 0.341 e. The van der Waals surface area contributed by atoms with Crippen molar-refractivity contribution in [2.24, 2.45) is 11.8 Å². The van der Waals surface area contributed by atoms with Gasteiger partial charge in [-0.1, -0.05) is 46.8 Å². The Hall–Kier alpha value is -2.41. The molecule has 2 saturated heterocycles. The van der Waals surface area contributed by atoms with E-state index >= 15 is 0 Å². The van der Waals surface area contributed by atoms with Crippen molar-refractivity contribution in [2.75, 3.05) is 45.8 Å². The number of hydrogen-bond acceptors (Lipinski definition) is 4. The molecule has 2 aliphatic heterocycles. The highest BCUT2D eigenvalue weighted by Gasteiger charge is 2.30. The van der Waals surface area contributed by atoms with Crippen LogP contribution >= 0.6 is 0 Å². The molecule has 1 aromatic carbocycles. The molecule has 1 aromatic rings. The van der Waals surface area contributed by atoms with E-state index in [0.717, 1.165) is 18.7 Å². The van der Waals surface area contributed by atoms with Gasteiger partial charge in [0, 0.05) is 44.8 Å². The Morgan fingerprint density at radius 2 is 1.50 bits per heavy atom. The van der Waals surface area contributed by atoms with Gasteiger partial charge in [0.05, 0.1) is 6.54 Å². The third kappa shape index (κ3) is 6.81. The van der Waals surface area contributed by atoms with Crippen LogP contribution < -0.4 is 5.32 Å². The molecule has 0 bridgehead atoms. The molecule has 188 valence electrons. The van der Waals surface area contributed by atoms with Crippen molar-refractivity contribution in [2.45, 2.75) is 59.4 Å². The predicted octanol–water partition coefficient (Wildman–Crippen LogP) is 2.75. The SMILES string of the molecule is CC1CC(C)CN(C(=O)CN2CCN(C(=O)C(C)NC(=O)c3ccc(C(C)(C)C)cc3)CC2)C1. The number of rotatable bonds is 5. The number of likely N-dealkylation sites (tertiary alicyclic amines) is 1. The van der Waals surface area contributed by atoms with Crippen LogP contribution in [0.4, 0.5) is 0 Å². The first-order valence-corrected chi connectivity index (χ1v) is 12.6. The second-order valence-electron chi connectivity index (χ2n) is 11.4. The van der Waals surface area contributed by atoms with E-state index in [1.54, 1.807) is 11.8 Å². The lowest BCUT2D eigenvalue weighted by Gasteiger charge is -2.39. The summed E-state index contributed by atoms with van der Waals surface area (Å²) in [5, 5.41) is 2.84. The molecule has 3 atom stereocenters. The Morgan fingerprint density at radius 3 is 2.03 bits per heavy atom. The number of carbonyl (C=O) groups is 3. The Labute approximate surface area is 204 Å². The molecule has 0 aliphatic carbocycles. The quantitative estimate of drug-likeness (QED) is 0.718. The Bertz CT molecular complexity index is 859. The normalized spacial score (nSPS) is 22.9. The minimum Gasteiger partial charge on any atom is -0.341 e. The van der Waals surface area contributed by atoms with E-state index in [1.165, 1.54) is 6.42 Å². The first-order chi connectivity index (χ1) is 15.9. The van der Waals surface area contributed by atoms with Crippen LogP contribution in [0.3, 0.4) is 0 Å². The maximum absolute atomic E-state index is 12.9. The van der Waals surface area contributed by atoms with Crippen molar-refractivity contribution in [1.29, 1.82) is 0 Å². The topological polar surface area (TPSA) is 73.0 Å². The van der Waals surface area contributed by atoms with Crippen LogP contribution in [0.1, 0.15) is 63.9 Å². The summed E-state index contributed by atoms with van der Waals surface area (Å²) in [7, 11) is 0. The van der Waals surface area contributed by atoms with E-state index in [0.29, 0.717) is 50.1 Å². The predicted molar refractivity (Wildman–Crippen MR) is 135 cm³/mol. The molecular formula is C27H42N4O3. The summed E-state index contributed by atoms with van der Waals surface area (Å²) in [6, 6.07) is 6.96. The van der Waals surface area contributed by atoms with E-state index in [4.69, 9.17) is 0 Å². The zero-order valence-corrected chi connectivity index (χ0v) is 21.8. The summed E-state index contributed by atoms with van der Waals surface area (Å²) >= 11 is 0. The van der Waals surface area contributed by atoms with E-state index in [9.17, 15) is 14.4 Å². The summed E-state index contributed by atoms with van der Waals surface area (Å²) in [5.41, 5.74) is 1.74. The van der Waals surface area contributed by atoms with Crippen molar-refractivity contribution in [3.05, 3.63) is 35.4 Å². The average Bonchev–Trinajstić information content (AvgIpc) is 2.78. The first-order valence-electron chi connectivity index (χ1n) is 12.6. The van der Waals surface area contributed by atoms with Crippen molar-refractivity contribution in [3.63, 3.8) is 0 Å². The van der Waals surface area contributed by atoms with Crippen LogP contribution in [0, 0.1) is 11.8 Å². The number of hydrogen-bond donors (Lipinski definition) is 1. The fourth-order valence-electron chi connectivity index (χ4n) is 5.02. The van der Waals surface area contributed by atoms with Crippen LogP contribution in [-0.4, -0.2) is 84.3 Å². The summed E-state index contributed by atoms with van der Waals surface area (Å²) in [4.78, 5) is 44.3. The molecule has 2 heterocycles. The van der Waals surface area contributed by atoms with Crippen LogP contribution in [-0.2, 0) is 15.0 Å². The van der Waals surface area contributed by atoms with Gasteiger partial charge >= 0.3 is 0 Å². The molecule has 3 rings (SSSR count). The van der Waals surface area contributed by atoms with Crippen LogP contribution in [0.2, 0.25) is 0 Å². The fourth-order valence-corrected chi connectivity index (χ4v) is 5.02. The van der Waals surface area contributed by atoms with Gasteiger partial charge in [-0.3, -0.25) is 19.3 Å². The lowest BCUT2D eigenvalue weighted by atomic mass is 9.86. The lowest BCUT2D eigenvalue weighted by molar-refractivity contribution is -0.137. The van der Waals surface area contributed by atoms with Gasteiger partial charge in [0.1, 0.15) is 6.04 Å². The zero-order valence-electron chi connectivity index (χ0n) is 21.8. The number of piperidine rings is 1. The highest BCUT2D eigenvalue weighted by atomic mass is 16.2. The monoisotopic (exact) mass is 470 g/mol. The number of nitrogens with zero attached hydrogens (tertiary/aromatic N) is 3. The van der Waals surface area contributed by atoms with E-state index in [-0.39, 0.29) is 23.1 Å². The van der Waals surface area contributed by atoms with Gasteiger partial charge in [-0.05, 0) is 48.3 Å². The third-order valence-corrected chi connectivity index (χ3v) is 7.00. The molecule has 0 spiro atoms. The number of benzene rings is 1. The Balaban J connectivity index is 1.45. The minimum absolute atomic E-state index is 0.0235. The molecule has 1 N–H and O–H groups in total. The molecule has 3 unspecified atom stereocenters. The number of piperazine rings is 1. The van der Waals surface area contributed by atoms with Crippen molar-refractivity contribution < 1.29 is 14.4 Å². The van der Waals surface area contributed by atoms with Gasteiger partial charge in [0.2, 0.25) is 11.8 Å². The van der Waals surface area contributed by atoms with E-state index < -0.39 is 6.04 Å². The zero-order chi connectivity index (χ0) is 25.0. The number of nitrogens with one attached hydrogen (secondary N) is 1. The molecule has 34 heavy (non-hydrogen) atoms.